The maximum absolute atomic E-state index is 13.6. The maximum Gasteiger partial charge on any atom is 0.303 e. The smallest absolute Gasteiger partial charge is 0.303 e. The molecule has 1 aliphatic heterocycles. The van der Waals surface area contributed by atoms with E-state index in [2.05, 4.69) is 26.2 Å². The van der Waals surface area contributed by atoms with Gasteiger partial charge in [0, 0.05) is 25.6 Å². The highest BCUT2D eigenvalue weighted by Gasteiger charge is 2.50. The van der Waals surface area contributed by atoms with Crippen LogP contribution in [0.5, 0.6) is 0 Å². The highest BCUT2D eigenvalue weighted by molar-refractivity contribution is 5.85. The molecule has 0 amide bonds. The third-order valence-corrected chi connectivity index (χ3v) is 4.77. The standard InChI is InChI=1S/C21H17F2N5O5/c1-4-15-17(31-10(2)29)18(32-11(3)30)21(33-15)28-9-26-16-19(24-8-25-20(16)28)27-12-5-6-13(22)14(23)7-12/h1,5-9,15,17-18,21H,2-3H3,(H,24,25,27). The molecular weight excluding hydrogens is 440 g/mol. The SMILES string of the molecule is C#CC1OC(n2cnc3c(Nc4ccc(F)c(F)c4)ncnc32)C(OC(C)=O)C1OC(C)=O. The van der Waals surface area contributed by atoms with E-state index in [1.165, 1.54) is 37.1 Å². The Balaban J connectivity index is 1.72. The number of benzene rings is 1. The van der Waals surface area contributed by atoms with Crippen molar-refractivity contribution >= 4 is 34.6 Å². The summed E-state index contributed by atoms with van der Waals surface area (Å²) in [6.07, 6.45) is 3.96. The third kappa shape index (κ3) is 4.31. The Morgan fingerprint density at radius 1 is 1.12 bits per heavy atom. The first-order valence-corrected chi connectivity index (χ1v) is 9.64. The summed E-state index contributed by atoms with van der Waals surface area (Å²) >= 11 is 0. The van der Waals surface area contributed by atoms with Gasteiger partial charge in [-0.15, -0.1) is 6.42 Å². The van der Waals surface area contributed by atoms with E-state index >= 15 is 0 Å². The van der Waals surface area contributed by atoms with E-state index in [0.717, 1.165) is 12.1 Å². The van der Waals surface area contributed by atoms with Crippen LogP contribution in [0.15, 0.2) is 30.9 Å². The van der Waals surface area contributed by atoms with Crippen LogP contribution >= 0.6 is 0 Å². The number of aromatic nitrogens is 4. The lowest BCUT2D eigenvalue weighted by atomic mass is 10.1. The lowest BCUT2D eigenvalue weighted by molar-refractivity contribution is -0.165. The average Bonchev–Trinajstić information content (AvgIpc) is 3.32. The van der Waals surface area contributed by atoms with Crippen LogP contribution in [-0.2, 0) is 23.8 Å². The van der Waals surface area contributed by atoms with Crippen LogP contribution < -0.4 is 5.32 Å². The highest BCUT2D eigenvalue weighted by atomic mass is 19.2. The minimum absolute atomic E-state index is 0.205. The van der Waals surface area contributed by atoms with E-state index in [1.807, 2.05) is 0 Å². The molecule has 0 spiro atoms. The molecule has 4 rings (SSSR count). The van der Waals surface area contributed by atoms with Gasteiger partial charge in [-0.05, 0) is 12.1 Å². The summed E-state index contributed by atoms with van der Waals surface area (Å²) in [6, 6.07) is 3.28. The summed E-state index contributed by atoms with van der Waals surface area (Å²) in [6.45, 7) is 2.39. The second-order valence-electron chi connectivity index (χ2n) is 7.06. The summed E-state index contributed by atoms with van der Waals surface area (Å²) in [4.78, 5) is 35.9. The number of hydrogen-bond acceptors (Lipinski definition) is 9. The lowest BCUT2D eigenvalue weighted by Gasteiger charge is -2.23. The number of anilines is 2. The Bertz CT molecular complexity index is 1270. The minimum Gasteiger partial charge on any atom is -0.455 e. The lowest BCUT2D eigenvalue weighted by Crippen LogP contribution is -2.38. The van der Waals surface area contributed by atoms with Crippen molar-refractivity contribution in [3.05, 3.63) is 42.5 Å². The van der Waals surface area contributed by atoms with Gasteiger partial charge in [0.1, 0.15) is 6.33 Å². The van der Waals surface area contributed by atoms with Gasteiger partial charge in [0.2, 0.25) is 0 Å². The van der Waals surface area contributed by atoms with Crippen molar-refractivity contribution < 1.29 is 32.6 Å². The molecule has 3 aromatic rings. The molecule has 2 aromatic heterocycles. The molecular formula is C21H17F2N5O5. The molecule has 3 heterocycles. The Hall–Kier alpha value is -4.11. The quantitative estimate of drug-likeness (QED) is 0.455. The number of carbonyl (C=O) groups is 2. The van der Waals surface area contributed by atoms with Crippen LogP contribution in [0.3, 0.4) is 0 Å². The molecule has 4 unspecified atom stereocenters. The van der Waals surface area contributed by atoms with Crippen molar-refractivity contribution in [2.75, 3.05) is 5.32 Å². The molecule has 4 atom stereocenters. The van der Waals surface area contributed by atoms with Crippen molar-refractivity contribution in [2.24, 2.45) is 0 Å². The first kappa shape index (κ1) is 22.1. The summed E-state index contributed by atoms with van der Waals surface area (Å²) in [7, 11) is 0. The molecule has 0 saturated carbocycles. The number of terminal acetylenes is 1. The normalized spacial score (nSPS) is 22.0. The van der Waals surface area contributed by atoms with Gasteiger partial charge < -0.3 is 19.5 Å². The number of carbonyl (C=O) groups excluding carboxylic acids is 2. The van der Waals surface area contributed by atoms with E-state index in [9.17, 15) is 18.4 Å². The highest BCUT2D eigenvalue weighted by Crippen LogP contribution is 2.36. The Labute approximate surface area is 185 Å². The van der Waals surface area contributed by atoms with Crippen LogP contribution in [0.4, 0.5) is 20.3 Å². The number of nitrogens with one attached hydrogen (secondary N) is 1. The van der Waals surface area contributed by atoms with Crippen LogP contribution in [0.25, 0.3) is 11.2 Å². The monoisotopic (exact) mass is 457 g/mol. The summed E-state index contributed by atoms with van der Waals surface area (Å²) in [5.41, 5.74) is 0.762. The molecule has 1 fully saturated rings. The zero-order valence-corrected chi connectivity index (χ0v) is 17.4. The van der Waals surface area contributed by atoms with Gasteiger partial charge >= 0.3 is 11.9 Å². The number of ether oxygens (including phenoxy) is 3. The van der Waals surface area contributed by atoms with Crippen LogP contribution in [0, 0.1) is 24.0 Å². The maximum atomic E-state index is 13.6. The van der Waals surface area contributed by atoms with Gasteiger partial charge in [0.25, 0.3) is 0 Å². The fourth-order valence-corrected chi connectivity index (χ4v) is 3.48. The van der Waals surface area contributed by atoms with E-state index in [-0.39, 0.29) is 22.7 Å². The summed E-state index contributed by atoms with van der Waals surface area (Å²) < 4.78 is 44.7. The largest absolute Gasteiger partial charge is 0.455 e. The second kappa shape index (κ2) is 8.79. The average molecular weight is 457 g/mol. The van der Waals surface area contributed by atoms with Gasteiger partial charge in [-0.3, -0.25) is 14.2 Å². The van der Waals surface area contributed by atoms with Gasteiger partial charge in [-0.25, -0.2) is 23.7 Å². The van der Waals surface area contributed by atoms with Crippen molar-refractivity contribution in [1.82, 2.24) is 19.5 Å². The van der Waals surface area contributed by atoms with Crippen molar-refractivity contribution in [1.29, 1.82) is 0 Å². The molecule has 1 saturated heterocycles. The second-order valence-corrected chi connectivity index (χ2v) is 7.06. The van der Waals surface area contributed by atoms with Crippen LogP contribution in [0.2, 0.25) is 0 Å². The Morgan fingerprint density at radius 2 is 1.85 bits per heavy atom. The molecule has 1 N–H and O–H groups in total. The summed E-state index contributed by atoms with van der Waals surface area (Å²) in [5, 5.41) is 2.86. The van der Waals surface area contributed by atoms with Crippen molar-refractivity contribution in [3.8, 4) is 12.3 Å². The van der Waals surface area contributed by atoms with Crippen LogP contribution in [-0.4, -0.2) is 49.8 Å². The van der Waals surface area contributed by atoms with E-state index in [1.54, 1.807) is 0 Å². The minimum atomic E-state index is -1.08. The van der Waals surface area contributed by atoms with Gasteiger partial charge in [-0.2, -0.15) is 0 Å². The summed E-state index contributed by atoms with van der Waals surface area (Å²) in [5.74, 6) is -0.696. The first-order valence-electron chi connectivity index (χ1n) is 9.64. The number of imidazole rings is 1. The number of esters is 2. The molecule has 0 radical (unpaired) electrons. The Kier molecular flexibility index (Phi) is 5.89. The molecule has 10 nitrogen and oxygen atoms in total. The molecule has 1 aromatic carbocycles. The molecule has 33 heavy (non-hydrogen) atoms. The molecule has 0 aliphatic carbocycles. The fourth-order valence-electron chi connectivity index (χ4n) is 3.48. The van der Waals surface area contributed by atoms with Gasteiger partial charge in [-0.1, -0.05) is 5.92 Å². The van der Waals surface area contributed by atoms with Crippen molar-refractivity contribution in [2.45, 2.75) is 38.4 Å². The first-order chi connectivity index (χ1) is 15.8. The number of nitrogens with zero attached hydrogens (tertiary/aromatic N) is 4. The topological polar surface area (TPSA) is 117 Å². The zero-order chi connectivity index (χ0) is 23.7. The zero-order valence-electron chi connectivity index (χ0n) is 17.4. The number of fused-ring (bicyclic) bond motifs is 1. The third-order valence-electron chi connectivity index (χ3n) is 4.77. The van der Waals surface area contributed by atoms with E-state index in [0.29, 0.717) is 0 Å². The Morgan fingerprint density at radius 3 is 2.52 bits per heavy atom. The van der Waals surface area contributed by atoms with Gasteiger partial charge in [0.15, 0.2) is 53.2 Å². The van der Waals surface area contributed by atoms with Crippen LogP contribution in [0.1, 0.15) is 20.1 Å². The number of hydrogen-bond donors (Lipinski definition) is 1. The number of rotatable bonds is 5. The molecule has 170 valence electrons. The molecule has 1 aliphatic rings. The molecule has 0 bridgehead atoms. The fraction of sp³-hybridized carbons (Fsp3) is 0.286. The van der Waals surface area contributed by atoms with Crippen molar-refractivity contribution in [3.63, 3.8) is 0 Å². The predicted octanol–water partition coefficient (Wildman–Crippen LogP) is 2.24. The van der Waals surface area contributed by atoms with E-state index in [4.69, 9.17) is 20.6 Å². The number of halogens is 2. The van der Waals surface area contributed by atoms with E-state index < -0.39 is 48.1 Å². The molecule has 12 heteroatoms. The predicted molar refractivity (Wildman–Crippen MR) is 109 cm³/mol. The van der Waals surface area contributed by atoms with Gasteiger partial charge in [0.05, 0.1) is 6.33 Å².